The molecule has 0 saturated carbocycles. The number of morpholine rings is 1. The van der Waals surface area contributed by atoms with E-state index in [4.69, 9.17) is 9.15 Å². The summed E-state index contributed by atoms with van der Waals surface area (Å²) in [7, 11) is 0. The van der Waals surface area contributed by atoms with Crippen molar-refractivity contribution in [2.24, 2.45) is 5.41 Å². The standard InChI is InChI=1S/C13H21NO2/c1-13(2,3)7-10-8-14-9-12(16-10)11-5-4-6-15-11/h4-6,10,12,14H,7-9H2,1-3H3. The van der Waals surface area contributed by atoms with E-state index in [0.717, 1.165) is 25.3 Å². The molecular formula is C13H21NO2. The molecule has 1 N–H and O–H groups in total. The molecule has 3 nitrogen and oxygen atoms in total. The minimum absolute atomic E-state index is 0.0658. The number of nitrogens with one attached hydrogen (secondary N) is 1. The number of hydrogen-bond donors (Lipinski definition) is 1. The summed E-state index contributed by atoms with van der Waals surface area (Å²) in [5.74, 6) is 0.922. The number of furan rings is 1. The van der Waals surface area contributed by atoms with Gasteiger partial charge in [0, 0.05) is 13.1 Å². The lowest BCUT2D eigenvalue weighted by atomic mass is 9.88. The molecule has 0 spiro atoms. The highest BCUT2D eigenvalue weighted by Gasteiger charge is 2.28. The molecule has 16 heavy (non-hydrogen) atoms. The molecule has 1 saturated heterocycles. The molecule has 1 aromatic heterocycles. The van der Waals surface area contributed by atoms with Crippen LogP contribution in [0.25, 0.3) is 0 Å². The molecule has 2 rings (SSSR count). The Morgan fingerprint density at radius 3 is 2.81 bits per heavy atom. The van der Waals surface area contributed by atoms with Crippen molar-refractivity contribution >= 4 is 0 Å². The van der Waals surface area contributed by atoms with Crippen LogP contribution in [0.1, 0.15) is 39.1 Å². The maximum atomic E-state index is 6.05. The minimum Gasteiger partial charge on any atom is -0.467 e. The zero-order chi connectivity index (χ0) is 11.6. The SMILES string of the molecule is CC(C)(C)CC1CNCC(c2ccco2)O1. The van der Waals surface area contributed by atoms with E-state index in [1.54, 1.807) is 6.26 Å². The van der Waals surface area contributed by atoms with E-state index < -0.39 is 0 Å². The Balaban J connectivity index is 1.94. The van der Waals surface area contributed by atoms with E-state index >= 15 is 0 Å². The lowest BCUT2D eigenvalue weighted by molar-refractivity contribution is -0.0637. The quantitative estimate of drug-likeness (QED) is 0.837. The highest BCUT2D eigenvalue weighted by molar-refractivity contribution is 5.04. The molecule has 90 valence electrons. The van der Waals surface area contributed by atoms with Crippen molar-refractivity contribution in [3.8, 4) is 0 Å². The van der Waals surface area contributed by atoms with E-state index in [-0.39, 0.29) is 12.2 Å². The summed E-state index contributed by atoms with van der Waals surface area (Å²) in [6.07, 6.45) is 3.11. The largest absolute Gasteiger partial charge is 0.467 e. The van der Waals surface area contributed by atoms with E-state index in [1.165, 1.54) is 0 Å². The van der Waals surface area contributed by atoms with Crippen molar-refractivity contribution < 1.29 is 9.15 Å². The summed E-state index contributed by atoms with van der Waals surface area (Å²) in [5, 5.41) is 3.41. The molecule has 0 aromatic carbocycles. The van der Waals surface area contributed by atoms with E-state index in [0.29, 0.717) is 5.41 Å². The monoisotopic (exact) mass is 223 g/mol. The Kier molecular flexibility index (Phi) is 3.36. The van der Waals surface area contributed by atoms with Crippen molar-refractivity contribution in [3.63, 3.8) is 0 Å². The first-order valence-corrected chi connectivity index (χ1v) is 5.94. The minimum atomic E-state index is 0.0658. The fourth-order valence-electron chi connectivity index (χ4n) is 2.15. The van der Waals surface area contributed by atoms with Crippen molar-refractivity contribution in [1.82, 2.24) is 5.32 Å². The van der Waals surface area contributed by atoms with Crippen LogP contribution >= 0.6 is 0 Å². The highest BCUT2D eigenvalue weighted by atomic mass is 16.5. The first-order valence-electron chi connectivity index (χ1n) is 5.94. The van der Waals surface area contributed by atoms with Crippen LogP contribution in [0.2, 0.25) is 0 Å². The number of ether oxygens (including phenoxy) is 1. The van der Waals surface area contributed by atoms with Crippen LogP contribution in [0.3, 0.4) is 0 Å². The fourth-order valence-corrected chi connectivity index (χ4v) is 2.15. The van der Waals surface area contributed by atoms with Crippen molar-refractivity contribution in [2.45, 2.75) is 39.4 Å². The second-order valence-corrected chi connectivity index (χ2v) is 5.69. The van der Waals surface area contributed by atoms with E-state index in [9.17, 15) is 0 Å². The third kappa shape index (κ3) is 3.09. The molecule has 3 heteroatoms. The Bertz CT molecular complexity index is 313. The van der Waals surface area contributed by atoms with Crippen molar-refractivity contribution in [1.29, 1.82) is 0 Å². The topological polar surface area (TPSA) is 34.4 Å². The highest BCUT2D eigenvalue weighted by Crippen LogP contribution is 2.28. The smallest absolute Gasteiger partial charge is 0.133 e. The molecule has 0 amide bonds. The lowest BCUT2D eigenvalue weighted by Crippen LogP contribution is -2.42. The maximum absolute atomic E-state index is 6.05. The average molecular weight is 223 g/mol. The molecule has 0 bridgehead atoms. The summed E-state index contributed by atoms with van der Waals surface area (Å²) in [6, 6.07) is 3.89. The van der Waals surface area contributed by atoms with Crippen LogP contribution in [-0.2, 0) is 4.74 Å². The Morgan fingerprint density at radius 1 is 1.38 bits per heavy atom. The molecular weight excluding hydrogens is 202 g/mol. The van der Waals surface area contributed by atoms with Crippen LogP contribution in [0.4, 0.5) is 0 Å². The third-order valence-electron chi connectivity index (χ3n) is 2.76. The Morgan fingerprint density at radius 2 is 2.19 bits per heavy atom. The molecule has 2 unspecified atom stereocenters. The van der Waals surface area contributed by atoms with Gasteiger partial charge in [-0.1, -0.05) is 20.8 Å². The summed E-state index contributed by atoms with van der Waals surface area (Å²) >= 11 is 0. The third-order valence-corrected chi connectivity index (χ3v) is 2.76. The van der Waals surface area contributed by atoms with Gasteiger partial charge < -0.3 is 14.5 Å². The molecule has 1 aliphatic heterocycles. The van der Waals surface area contributed by atoms with Crippen LogP contribution < -0.4 is 5.32 Å². The first kappa shape index (κ1) is 11.7. The Hall–Kier alpha value is -0.800. The van der Waals surface area contributed by atoms with Crippen molar-refractivity contribution in [3.05, 3.63) is 24.2 Å². The van der Waals surface area contributed by atoms with Gasteiger partial charge in [-0.25, -0.2) is 0 Å². The predicted octanol–water partition coefficient (Wildman–Crippen LogP) is 2.75. The summed E-state index contributed by atoms with van der Waals surface area (Å²) < 4.78 is 11.4. The zero-order valence-corrected chi connectivity index (χ0v) is 10.3. The van der Waals surface area contributed by atoms with Gasteiger partial charge in [0.25, 0.3) is 0 Å². The van der Waals surface area contributed by atoms with Gasteiger partial charge in [-0.15, -0.1) is 0 Å². The van der Waals surface area contributed by atoms with Crippen molar-refractivity contribution in [2.75, 3.05) is 13.1 Å². The number of hydrogen-bond acceptors (Lipinski definition) is 3. The summed E-state index contributed by atoms with van der Waals surface area (Å²) in [5.41, 5.74) is 0.303. The lowest BCUT2D eigenvalue weighted by Gasteiger charge is -2.33. The first-order chi connectivity index (χ1) is 7.54. The van der Waals surface area contributed by atoms with Crippen LogP contribution in [0.5, 0.6) is 0 Å². The number of rotatable bonds is 2. The summed E-state index contributed by atoms with van der Waals surface area (Å²) in [6.45, 7) is 8.51. The van der Waals surface area contributed by atoms with Crippen LogP contribution in [-0.4, -0.2) is 19.2 Å². The van der Waals surface area contributed by atoms with Crippen LogP contribution in [0, 0.1) is 5.41 Å². The molecule has 2 atom stereocenters. The molecule has 2 heterocycles. The Labute approximate surface area is 97.2 Å². The van der Waals surface area contributed by atoms with Gasteiger partial charge in [-0.2, -0.15) is 0 Å². The molecule has 0 radical (unpaired) electrons. The fraction of sp³-hybridized carbons (Fsp3) is 0.692. The second kappa shape index (κ2) is 4.60. The van der Waals surface area contributed by atoms with Gasteiger partial charge in [0.05, 0.1) is 12.4 Å². The summed E-state index contributed by atoms with van der Waals surface area (Å²) in [4.78, 5) is 0. The molecule has 0 aliphatic carbocycles. The maximum Gasteiger partial charge on any atom is 0.133 e. The van der Waals surface area contributed by atoms with Gasteiger partial charge in [-0.05, 0) is 24.0 Å². The molecule has 1 aliphatic rings. The van der Waals surface area contributed by atoms with Gasteiger partial charge in [0.15, 0.2) is 0 Å². The molecule has 1 aromatic rings. The second-order valence-electron chi connectivity index (χ2n) is 5.69. The van der Waals surface area contributed by atoms with Gasteiger partial charge in [0.1, 0.15) is 11.9 Å². The van der Waals surface area contributed by atoms with Crippen LogP contribution in [0.15, 0.2) is 22.8 Å². The molecule has 1 fully saturated rings. The average Bonchev–Trinajstić information content (AvgIpc) is 2.68. The van der Waals surface area contributed by atoms with Gasteiger partial charge in [0.2, 0.25) is 0 Å². The van der Waals surface area contributed by atoms with E-state index in [2.05, 4.69) is 26.1 Å². The normalized spacial score (nSPS) is 26.9. The van der Waals surface area contributed by atoms with Gasteiger partial charge >= 0.3 is 0 Å². The predicted molar refractivity (Wildman–Crippen MR) is 63.3 cm³/mol. The zero-order valence-electron chi connectivity index (χ0n) is 10.3. The van der Waals surface area contributed by atoms with E-state index in [1.807, 2.05) is 12.1 Å². The van der Waals surface area contributed by atoms with Gasteiger partial charge in [-0.3, -0.25) is 0 Å².